The Kier molecular flexibility index (Phi) is 4.13. The SMILES string of the molecule is Cc1nn(C)cc1CNC(c1ccccc1)C(F)(F)F. The second-order valence-corrected chi connectivity index (χ2v) is 4.68. The smallest absolute Gasteiger partial charge is 0.298 e. The van der Waals surface area contributed by atoms with Crippen LogP contribution >= 0.6 is 0 Å². The molecule has 1 atom stereocenters. The maximum absolute atomic E-state index is 13.1. The number of nitrogens with zero attached hydrogens (tertiary/aromatic N) is 2. The summed E-state index contributed by atoms with van der Waals surface area (Å²) >= 11 is 0. The third-order valence-corrected chi connectivity index (χ3v) is 3.07. The average molecular weight is 283 g/mol. The summed E-state index contributed by atoms with van der Waals surface area (Å²) < 4.78 is 41.0. The van der Waals surface area contributed by atoms with Crippen LogP contribution in [0.25, 0.3) is 0 Å². The Bertz CT molecular complexity index is 561. The number of halogens is 3. The summed E-state index contributed by atoms with van der Waals surface area (Å²) in [4.78, 5) is 0. The molecule has 0 spiro atoms. The first-order valence-corrected chi connectivity index (χ1v) is 6.22. The summed E-state index contributed by atoms with van der Waals surface area (Å²) in [5.41, 5.74) is 1.70. The fourth-order valence-electron chi connectivity index (χ4n) is 2.10. The van der Waals surface area contributed by atoms with Crippen LogP contribution in [-0.4, -0.2) is 16.0 Å². The van der Waals surface area contributed by atoms with Crippen LogP contribution in [0.1, 0.15) is 22.9 Å². The molecule has 1 unspecified atom stereocenters. The Hall–Kier alpha value is -1.82. The molecule has 2 rings (SSSR count). The molecule has 0 aliphatic heterocycles. The highest BCUT2D eigenvalue weighted by molar-refractivity contribution is 5.21. The van der Waals surface area contributed by atoms with E-state index in [4.69, 9.17) is 0 Å². The average Bonchev–Trinajstić information content (AvgIpc) is 2.68. The van der Waals surface area contributed by atoms with E-state index in [-0.39, 0.29) is 12.1 Å². The zero-order chi connectivity index (χ0) is 14.8. The molecule has 1 N–H and O–H groups in total. The van der Waals surface area contributed by atoms with Crippen LogP contribution in [-0.2, 0) is 13.6 Å². The second-order valence-electron chi connectivity index (χ2n) is 4.68. The standard InChI is InChI=1S/C14H16F3N3/c1-10-12(9-20(2)19-10)8-18-13(14(15,16)17)11-6-4-3-5-7-11/h3-7,9,13,18H,8H2,1-2H3. The molecule has 0 saturated heterocycles. The van der Waals surface area contributed by atoms with E-state index in [1.54, 1.807) is 43.0 Å². The Morgan fingerprint density at radius 3 is 2.40 bits per heavy atom. The minimum Gasteiger partial charge on any atom is -0.298 e. The van der Waals surface area contributed by atoms with Crippen LogP contribution in [0.3, 0.4) is 0 Å². The molecule has 0 aliphatic carbocycles. The van der Waals surface area contributed by atoms with E-state index in [0.717, 1.165) is 11.3 Å². The quantitative estimate of drug-likeness (QED) is 0.934. The monoisotopic (exact) mass is 283 g/mol. The van der Waals surface area contributed by atoms with Crippen molar-refractivity contribution in [2.24, 2.45) is 7.05 Å². The van der Waals surface area contributed by atoms with Crippen LogP contribution in [0.15, 0.2) is 36.5 Å². The Morgan fingerprint density at radius 1 is 1.25 bits per heavy atom. The first kappa shape index (κ1) is 14.6. The number of aromatic nitrogens is 2. The largest absolute Gasteiger partial charge is 0.407 e. The molecular weight excluding hydrogens is 267 g/mol. The van der Waals surface area contributed by atoms with Crippen molar-refractivity contribution < 1.29 is 13.2 Å². The molecule has 2 aromatic rings. The van der Waals surface area contributed by atoms with Crippen LogP contribution in [0.5, 0.6) is 0 Å². The molecule has 108 valence electrons. The first-order valence-electron chi connectivity index (χ1n) is 6.22. The van der Waals surface area contributed by atoms with Crippen molar-refractivity contribution in [1.82, 2.24) is 15.1 Å². The van der Waals surface area contributed by atoms with Crippen molar-refractivity contribution >= 4 is 0 Å². The number of alkyl halides is 3. The lowest BCUT2D eigenvalue weighted by molar-refractivity contribution is -0.158. The van der Waals surface area contributed by atoms with Crippen molar-refractivity contribution in [1.29, 1.82) is 0 Å². The van der Waals surface area contributed by atoms with E-state index >= 15 is 0 Å². The molecule has 0 bridgehead atoms. The maximum atomic E-state index is 13.1. The van der Waals surface area contributed by atoms with Gasteiger partial charge in [-0.05, 0) is 12.5 Å². The number of hydrogen-bond donors (Lipinski definition) is 1. The molecule has 0 saturated carbocycles. The summed E-state index contributed by atoms with van der Waals surface area (Å²) in [5.74, 6) is 0. The molecular formula is C14H16F3N3. The van der Waals surface area contributed by atoms with Crippen LogP contribution < -0.4 is 5.32 Å². The first-order chi connectivity index (χ1) is 9.38. The summed E-state index contributed by atoms with van der Waals surface area (Å²) in [6.45, 7) is 1.90. The Balaban J connectivity index is 2.16. The van der Waals surface area contributed by atoms with E-state index < -0.39 is 12.2 Å². The van der Waals surface area contributed by atoms with Gasteiger partial charge in [-0.3, -0.25) is 10.00 Å². The van der Waals surface area contributed by atoms with E-state index in [9.17, 15) is 13.2 Å². The molecule has 3 nitrogen and oxygen atoms in total. The minimum absolute atomic E-state index is 0.124. The van der Waals surface area contributed by atoms with E-state index in [1.165, 1.54) is 12.1 Å². The van der Waals surface area contributed by atoms with Gasteiger partial charge in [0.05, 0.1) is 5.69 Å². The second kappa shape index (κ2) is 5.66. The lowest BCUT2D eigenvalue weighted by Crippen LogP contribution is -2.33. The normalized spacial score (nSPS) is 13.4. The number of hydrogen-bond acceptors (Lipinski definition) is 2. The predicted octanol–water partition coefficient (Wildman–Crippen LogP) is 3.12. The summed E-state index contributed by atoms with van der Waals surface area (Å²) in [6, 6.07) is 6.17. The third kappa shape index (κ3) is 3.39. The van der Waals surface area contributed by atoms with Gasteiger partial charge in [0.15, 0.2) is 0 Å². The molecule has 1 aromatic heterocycles. The topological polar surface area (TPSA) is 29.9 Å². The Labute approximate surface area is 115 Å². The molecule has 1 aromatic carbocycles. The zero-order valence-corrected chi connectivity index (χ0v) is 11.3. The van der Waals surface area contributed by atoms with Crippen molar-refractivity contribution in [2.45, 2.75) is 25.7 Å². The van der Waals surface area contributed by atoms with Crippen molar-refractivity contribution in [2.75, 3.05) is 0 Å². The molecule has 0 aliphatic rings. The van der Waals surface area contributed by atoms with E-state index in [1.807, 2.05) is 0 Å². The van der Waals surface area contributed by atoms with Gasteiger partial charge in [0, 0.05) is 25.4 Å². The van der Waals surface area contributed by atoms with Crippen molar-refractivity contribution in [3.05, 3.63) is 53.3 Å². The number of nitrogens with one attached hydrogen (secondary N) is 1. The maximum Gasteiger partial charge on any atom is 0.407 e. The highest BCUT2D eigenvalue weighted by Gasteiger charge is 2.40. The molecule has 20 heavy (non-hydrogen) atoms. The van der Waals surface area contributed by atoms with Crippen LogP contribution in [0.4, 0.5) is 13.2 Å². The van der Waals surface area contributed by atoms with Gasteiger partial charge in [0.25, 0.3) is 0 Å². The highest BCUT2D eigenvalue weighted by Crippen LogP contribution is 2.32. The molecule has 0 fully saturated rings. The number of benzene rings is 1. The summed E-state index contributed by atoms with van der Waals surface area (Å²) in [7, 11) is 1.74. The zero-order valence-electron chi connectivity index (χ0n) is 11.3. The summed E-state index contributed by atoms with van der Waals surface area (Å²) in [5, 5.41) is 6.69. The molecule has 6 heteroatoms. The lowest BCUT2D eigenvalue weighted by atomic mass is 10.1. The Morgan fingerprint density at radius 2 is 1.90 bits per heavy atom. The van der Waals surface area contributed by atoms with Gasteiger partial charge < -0.3 is 0 Å². The van der Waals surface area contributed by atoms with Crippen molar-refractivity contribution in [3.8, 4) is 0 Å². The van der Waals surface area contributed by atoms with Crippen molar-refractivity contribution in [3.63, 3.8) is 0 Å². The van der Waals surface area contributed by atoms with Gasteiger partial charge in [-0.25, -0.2) is 0 Å². The van der Waals surface area contributed by atoms with Gasteiger partial charge in [-0.2, -0.15) is 18.3 Å². The van der Waals surface area contributed by atoms with Gasteiger partial charge in [0.2, 0.25) is 0 Å². The third-order valence-electron chi connectivity index (χ3n) is 3.07. The van der Waals surface area contributed by atoms with Crippen LogP contribution in [0.2, 0.25) is 0 Å². The minimum atomic E-state index is -4.34. The predicted molar refractivity (Wildman–Crippen MR) is 70.0 cm³/mol. The van der Waals surface area contributed by atoms with Crippen LogP contribution in [0, 0.1) is 6.92 Å². The fourth-order valence-corrected chi connectivity index (χ4v) is 2.10. The van der Waals surface area contributed by atoms with E-state index in [0.29, 0.717) is 0 Å². The summed E-state index contributed by atoms with van der Waals surface area (Å²) in [6.07, 6.45) is -2.61. The number of aryl methyl sites for hydroxylation is 2. The fraction of sp³-hybridized carbons (Fsp3) is 0.357. The molecule has 1 heterocycles. The highest BCUT2D eigenvalue weighted by atomic mass is 19.4. The van der Waals surface area contributed by atoms with Gasteiger partial charge in [-0.1, -0.05) is 30.3 Å². The van der Waals surface area contributed by atoms with Gasteiger partial charge >= 0.3 is 6.18 Å². The molecule has 0 radical (unpaired) electrons. The van der Waals surface area contributed by atoms with E-state index in [2.05, 4.69) is 10.4 Å². The lowest BCUT2D eigenvalue weighted by Gasteiger charge is -2.22. The number of rotatable bonds is 4. The molecule has 0 amide bonds. The van der Waals surface area contributed by atoms with Gasteiger partial charge in [-0.15, -0.1) is 0 Å². The van der Waals surface area contributed by atoms with Gasteiger partial charge in [0.1, 0.15) is 6.04 Å².